The van der Waals surface area contributed by atoms with Crippen LogP contribution < -0.4 is 10.6 Å². The fourth-order valence-electron chi connectivity index (χ4n) is 3.59. The van der Waals surface area contributed by atoms with E-state index in [1.807, 2.05) is 51.1 Å². The minimum absolute atomic E-state index is 0.0993. The molecule has 0 aliphatic carbocycles. The molecule has 0 heterocycles. The highest BCUT2D eigenvalue weighted by Crippen LogP contribution is 2.27. The number of anilines is 1. The van der Waals surface area contributed by atoms with Crippen LogP contribution in [0.3, 0.4) is 0 Å². The molecule has 0 radical (unpaired) electrons. The molecule has 3 N–H and O–H groups in total. The molecule has 8 nitrogen and oxygen atoms in total. The summed E-state index contributed by atoms with van der Waals surface area (Å²) in [5.41, 5.74) is 3.39. The number of ether oxygens (including phenoxy) is 1. The topological polar surface area (TPSA) is 108 Å². The molecular formula is C27H37N3O5. The van der Waals surface area contributed by atoms with Crippen molar-refractivity contribution in [3.05, 3.63) is 64.7 Å². The van der Waals surface area contributed by atoms with E-state index in [4.69, 9.17) is 4.74 Å². The maximum atomic E-state index is 13.6. The number of para-hydroxylation sites is 1. The van der Waals surface area contributed by atoms with Crippen molar-refractivity contribution in [1.29, 1.82) is 0 Å². The number of nitrogens with zero attached hydrogens (tertiary/aromatic N) is 1. The summed E-state index contributed by atoms with van der Waals surface area (Å²) in [6.07, 6.45) is -0.741. The lowest BCUT2D eigenvalue weighted by molar-refractivity contribution is -0.141. The van der Waals surface area contributed by atoms with Crippen molar-refractivity contribution in [2.24, 2.45) is 0 Å². The highest BCUT2D eigenvalue weighted by Gasteiger charge is 2.34. The Morgan fingerprint density at radius 1 is 1.00 bits per heavy atom. The van der Waals surface area contributed by atoms with Gasteiger partial charge in [0, 0.05) is 12.2 Å². The molecule has 2 aromatic carbocycles. The number of rotatable bonds is 8. The fourth-order valence-corrected chi connectivity index (χ4v) is 3.59. The summed E-state index contributed by atoms with van der Waals surface area (Å²) in [4.78, 5) is 40.7. The molecule has 190 valence electrons. The van der Waals surface area contributed by atoms with Gasteiger partial charge in [0.05, 0.1) is 6.61 Å². The minimum atomic E-state index is -1.03. The van der Waals surface area contributed by atoms with Crippen molar-refractivity contribution in [3.63, 3.8) is 0 Å². The van der Waals surface area contributed by atoms with E-state index in [-0.39, 0.29) is 13.2 Å². The van der Waals surface area contributed by atoms with Crippen LogP contribution in [0.15, 0.2) is 42.5 Å². The van der Waals surface area contributed by atoms with Gasteiger partial charge in [-0.25, -0.2) is 4.79 Å². The van der Waals surface area contributed by atoms with Gasteiger partial charge >= 0.3 is 6.09 Å². The summed E-state index contributed by atoms with van der Waals surface area (Å²) in [6, 6.07) is 10.9. The number of hydrogen-bond acceptors (Lipinski definition) is 5. The summed E-state index contributed by atoms with van der Waals surface area (Å²) in [7, 11) is 0. The Bertz CT molecular complexity index is 1060. The number of aryl methyl sites for hydroxylation is 3. The molecule has 35 heavy (non-hydrogen) atoms. The maximum absolute atomic E-state index is 13.6. The zero-order valence-electron chi connectivity index (χ0n) is 21.6. The quantitative estimate of drug-likeness (QED) is 0.526. The molecule has 2 atom stereocenters. The highest BCUT2D eigenvalue weighted by molar-refractivity contribution is 5.99. The van der Waals surface area contributed by atoms with Gasteiger partial charge < -0.3 is 25.4 Å². The van der Waals surface area contributed by atoms with Gasteiger partial charge in [0.2, 0.25) is 5.91 Å². The van der Waals surface area contributed by atoms with Crippen LogP contribution in [0, 0.1) is 20.8 Å². The number of nitrogens with one attached hydrogen (secondary N) is 2. The standard InChI is InChI=1S/C27H37N3O5/c1-17-12-13-21(16-19(17)3)23(24(32)29-22-11-9-8-10-18(22)2)30(14-15-31)25(33)20(4)28-26(34)35-27(5,6)7/h8-13,16,20,23,31H,14-15H2,1-7H3,(H,28,34)(H,29,32). The Balaban J connectivity index is 2.43. The minimum Gasteiger partial charge on any atom is -0.444 e. The zero-order chi connectivity index (χ0) is 26.3. The van der Waals surface area contributed by atoms with E-state index >= 15 is 0 Å². The van der Waals surface area contributed by atoms with Crippen LogP contribution in [0.25, 0.3) is 0 Å². The number of aliphatic hydroxyl groups excluding tert-OH is 1. The lowest BCUT2D eigenvalue weighted by Crippen LogP contribution is -2.52. The highest BCUT2D eigenvalue weighted by atomic mass is 16.6. The Morgan fingerprint density at radius 2 is 1.66 bits per heavy atom. The average Bonchev–Trinajstić information content (AvgIpc) is 2.75. The second-order valence-electron chi connectivity index (χ2n) is 9.67. The van der Waals surface area contributed by atoms with Crippen LogP contribution in [0.1, 0.15) is 56.0 Å². The summed E-state index contributed by atoms with van der Waals surface area (Å²) < 4.78 is 5.26. The van der Waals surface area contributed by atoms with Gasteiger partial charge in [-0.1, -0.05) is 36.4 Å². The van der Waals surface area contributed by atoms with E-state index in [9.17, 15) is 19.5 Å². The van der Waals surface area contributed by atoms with Gasteiger partial charge in [-0.2, -0.15) is 0 Å². The van der Waals surface area contributed by atoms with E-state index in [1.165, 1.54) is 11.8 Å². The van der Waals surface area contributed by atoms with Gasteiger partial charge in [0.15, 0.2) is 0 Å². The molecular weight excluding hydrogens is 446 g/mol. The molecule has 0 fully saturated rings. The zero-order valence-corrected chi connectivity index (χ0v) is 21.6. The molecule has 2 aromatic rings. The lowest BCUT2D eigenvalue weighted by Gasteiger charge is -2.33. The third-order valence-electron chi connectivity index (χ3n) is 5.54. The first kappa shape index (κ1) is 27.9. The number of aliphatic hydroxyl groups is 1. The summed E-state index contributed by atoms with van der Waals surface area (Å²) in [5, 5.41) is 15.2. The molecule has 0 aromatic heterocycles. The van der Waals surface area contributed by atoms with Crippen molar-refractivity contribution in [2.75, 3.05) is 18.5 Å². The van der Waals surface area contributed by atoms with E-state index in [0.717, 1.165) is 16.7 Å². The smallest absolute Gasteiger partial charge is 0.408 e. The maximum Gasteiger partial charge on any atom is 0.408 e. The van der Waals surface area contributed by atoms with Crippen LogP contribution in [0.2, 0.25) is 0 Å². The summed E-state index contributed by atoms with van der Waals surface area (Å²) in [5.74, 6) is -0.943. The Labute approximate surface area is 207 Å². The van der Waals surface area contributed by atoms with Gasteiger partial charge in [-0.3, -0.25) is 9.59 Å². The molecule has 0 saturated heterocycles. The average molecular weight is 484 g/mol. The number of carbonyl (C=O) groups is 3. The Morgan fingerprint density at radius 3 is 2.23 bits per heavy atom. The lowest BCUT2D eigenvalue weighted by atomic mass is 9.98. The molecule has 8 heteroatoms. The first-order valence-electron chi connectivity index (χ1n) is 11.7. The molecule has 3 amide bonds. The van der Waals surface area contributed by atoms with Gasteiger partial charge in [-0.05, 0) is 76.8 Å². The van der Waals surface area contributed by atoms with E-state index in [0.29, 0.717) is 11.3 Å². The van der Waals surface area contributed by atoms with Crippen molar-refractivity contribution < 1.29 is 24.2 Å². The molecule has 0 bridgehead atoms. The van der Waals surface area contributed by atoms with Crippen molar-refractivity contribution in [3.8, 4) is 0 Å². The first-order chi connectivity index (χ1) is 16.3. The Hall–Kier alpha value is -3.39. The monoisotopic (exact) mass is 483 g/mol. The fraction of sp³-hybridized carbons (Fsp3) is 0.444. The molecule has 0 spiro atoms. The number of benzene rings is 2. The van der Waals surface area contributed by atoms with Gasteiger partial charge in [-0.15, -0.1) is 0 Å². The Kier molecular flexibility index (Phi) is 9.42. The number of hydrogen-bond donors (Lipinski definition) is 3. The largest absolute Gasteiger partial charge is 0.444 e. The first-order valence-corrected chi connectivity index (χ1v) is 11.7. The third kappa shape index (κ3) is 7.82. The SMILES string of the molecule is Cc1ccc(C(C(=O)Nc2ccccc2C)N(CCO)C(=O)C(C)NC(=O)OC(C)(C)C)cc1C. The number of carbonyl (C=O) groups excluding carboxylic acids is 3. The van der Waals surface area contributed by atoms with E-state index in [1.54, 1.807) is 32.9 Å². The normalized spacial score (nSPS) is 12.9. The van der Waals surface area contributed by atoms with Gasteiger partial charge in [0.1, 0.15) is 17.7 Å². The van der Waals surface area contributed by atoms with Crippen LogP contribution in [-0.4, -0.2) is 52.7 Å². The van der Waals surface area contributed by atoms with E-state index in [2.05, 4.69) is 10.6 Å². The summed E-state index contributed by atoms with van der Waals surface area (Å²) >= 11 is 0. The predicted molar refractivity (Wildman–Crippen MR) is 136 cm³/mol. The van der Waals surface area contributed by atoms with Crippen LogP contribution in [0.4, 0.5) is 10.5 Å². The molecule has 0 aliphatic rings. The third-order valence-corrected chi connectivity index (χ3v) is 5.54. The van der Waals surface area contributed by atoms with E-state index < -0.39 is 35.6 Å². The molecule has 0 saturated carbocycles. The second-order valence-corrected chi connectivity index (χ2v) is 9.67. The van der Waals surface area contributed by atoms with Crippen LogP contribution in [0.5, 0.6) is 0 Å². The van der Waals surface area contributed by atoms with Crippen molar-refractivity contribution >= 4 is 23.6 Å². The predicted octanol–water partition coefficient (Wildman–Crippen LogP) is 4.03. The molecule has 0 aliphatic heterocycles. The second kappa shape index (κ2) is 11.8. The summed E-state index contributed by atoms with van der Waals surface area (Å²) in [6.45, 7) is 12.0. The van der Waals surface area contributed by atoms with Gasteiger partial charge in [0.25, 0.3) is 5.91 Å². The van der Waals surface area contributed by atoms with Crippen molar-refractivity contribution in [2.45, 2.75) is 66.2 Å². The molecule has 2 unspecified atom stereocenters. The van der Waals surface area contributed by atoms with Crippen LogP contribution >= 0.6 is 0 Å². The molecule has 2 rings (SSSR count). The van der Waals surface area contributed by atoms with Crippen molar-refractivity contribution in [1.82, 2.24) is 10.2 Å². The number of amides is 3. The van der Waals surface area contributed by atoms with Crippen LogP contribution in [-0.2, 0) is 14.3 Å². The number of alkyl carbamates (subject to hydrolysis) is 1.